The van der Waals surface area contributed by atoms with Crippen LogP contribution in [0.3, 0.4) is 0 Å². The first-order chi connectivity index (χ1) is 20.2. The summed E-state index contributed by atoms with van der Waals surface area (Å²) in [6.07, 6.45) is 1.14. The minimum absolute atomic E-state index is 0.000996. The van der Waals surface area contributed by atoms with Gasteiger partial charge in [0.2, 0.25) is 15.9 Å². The lowest BCUT2D eigenvalue weighted by Gasteiger charge is -2.18. The maximum atomic E-state index is 13.1. The molecule has 5 N–H and O–H groups in total. The summed E-state index contributed by atoms with van der Waals surface area (Å²) < 4.78 is 36.0. The van der Waals surface area contributed by atoms with Crippen LogP contribution in [-0.2, 0) is 32.5 Å². The molecule has 2 unspecified atom stereocenters. The number of carbonyl (C=O) groups is 3. The number of carboxylic acid groups (broad SMARTS) is 1. The number of aromatic nitrogens is 1. The molecule has 232 valence electrons. The molecule has 0 aliphatic carbocycles. The second-order valence-corrected chi connectivity index (χ2v) is 12.3. The number of carboxylic acids is 1. The fourth-order valence-corrected chi connectivity index (χ4v) is 5.02. The number of benzene rings is 2. The number of methoxy groups -OCH3 is 1. The summed E-state index contributed by atoms with van der Waals surface area (Å²) >= 11 is 0. The van der Waals surface area contributed by atoms with Gasteiger partial charge in [0.05, 0.1) is 37.2 Å². The highest BCUT2D eigenvalue weighted by Crippen LogP contribution is 2.27. The van der Waals surface area contributed by atoms with E-state index in [1.54, 1.807) is 24.3 Å². The number of carbonyl (C=O) groups excluding carboxylic acids is 2. The molecule has 0 fully saturated rings. The molecule has 1 aromatic heterocycles. The van der Waals surface area contributed by atoms with Gasteiger partial charge in [-0.3, -0.25) is 9.59 Å². The number of nitrogens with one attached hydrogen (secondary N) is 4. The third kappa shape index (κ3) is 10.4. The van der Waals surface area contributed by atoms with Crippen molar-refractivity contribution in [1.82, 2.24) is 15.2 Å². The van der Waals surface area contributed by atoms with Crippen molar-refractivity contribution >= 4 is 39.3 Å². The van der Waals surface area contributed by atoms with Crippen LogP contribution in [0.1, 0.15) is 48.9 Å². The molecule has 3 amide bonds. The van der Waals surface area contributed by atoms with Gasteiger partial charge in [-0.15, -0.1) is 0 Å². The highest BCUT2D eigenvalue weighted by molar-refractivity contribution is 7.88. The van der Waals surface area contributed by atoms with Gasteiger partial charge in [-0.1, -0.05) is 43.3 Å². The van der Waals surface area contributed by atoms with Crippen LogP contribution >= 0.6 is 0 Å². The molecular formula is C29H37N5O8S. The number of nitrogens with zero attached hydrogens (tertiary/aromatic N) is 1. The number of hydrogen-bond acceptors (Lipinski definition) is 8. The summed E-state index contributed by atoms with van der Waals surface area (Å²) in [5.41, 5.74) is 2.87. The van der Waals surface area contributed by atoms with E-state index in [1.807, 2.05) is 39.0 Å². The molecule has 1 heterocycles. The molecule has 2 atom stereocenters. The van der Waals surface area contributed by atoms with Gasteiger partial charge < -0.3 is 30.3 Å². The van der Waals surface area contributed by atoms with Crippen LogP contribution in [0, 0.1) is 12.8 Å². The Morgan fingerprint density at radius 3 is 2.37 bits per heavy atom. The number of urea groups is 1. The van der Waals surface area contributed by atoms with Crippen molar-refractivity contribution in [2.24, 2.45) is 5.92 Å². The van der Waals surface area contributed by atoms with Gasteiger partial charge in [-0.2, -0.15) is 0 Å². The van der Waals surface area contributed by atoms with Crippen LogP contribution in [0.2, 0.25) is 0 Å². The Bertz CT molecular complexity index is 1550. The van der Waals surface area contributed by atoms with Crippen molar-refractivity contribution in [1.29, 1.82) is 0 Å². The summed E-state index contributed by atoms with van der Waals surface area (Å²) in [6, 6.07) is 11.5. The minimum Gasteiger partial charge on any atom is -0.495 e. The van der Waals surface area contributed by atoms with E-state index < -0.39 is 34.1 Å². The molecule has 3 aromatic rings. The number of rotatable bonds is 14. The third-order valence-corrected chi connectivity index (χ3v) is 7.02. The number of aliphatic carboxylic acids is 1. The van der Waals surface area contributed by atoms with Crippen molar-refractivity contribution in [3.05, 3.63) is 71.1 Å². The molecule has 3 rings (SSSR count). The second kappa shape index (κ2) is 14.6. The Kier molecular flexibility index (Phi) is 11.3. The number of aryl methyl sites for hydroxylation is 1. The summed E-state index contributed by atoms with van der Waals surface area (Å²) in [7, 11) is -2.30. The maximum Gasteiger partial charge on any atom is 0.323 e. The molecule has 0 aliphatic heterocycles. The van der Waals surface area contributed by atoms with E-state index in [0.29, 0.717) is 34.9 Å². The predicted octanol–water partition coefficient (Wildman–Crippen LogP) is 3.63. The fraction of sp³-hybridized carbons (Fsp3) is 0.379. The van der Waals surface area contributed by atoms with Gasteiger partial charge in [0.1, 0.15) is 11.8 Å². The number of hydrogen-bond donors (Lipinski definition) is 5. The van der Waals surface area contributed by atoms with E-state index in [1.165, 1.54) is 13.2 Å². The fourth-order valence-electron chi connectivity index (χ4n) is 4.32. The highest BCUT2D eigenvalue weighted by Gasteiger charge is 2.26. The van der Waals surface area contributed by atoms with Crippen molar-refractivity contribution in [3.63, 3.8) is 0 Å². The van der Waals surface area contributed by atoms with Crippen LogP contribution < -0.4 is 25.4 Å². The summed E-state index contributed by atoms with van der Waals surface area (Å²) in [5, 5.41) is 21.8. The number of anilines is 2. The third-order valence-electron chi connectivity index (χ3n) is 6.30. The predicted molar refractivity (Wildman–Crippen MR) is 160 cm³/mol. The Labute approximate surface area is 250 Å². The first kappa shape index (κ1) is 33.1. The van der Waals surface area contributed by atoms with E-state index in [4.69, 9.17) is 9.26 Å². The molecule has 14 heteroatoms. The number of ether oxygens (including phenoxy) is 1. The lowest BCUT2D eigenvalue weighted by atomic mass is 10.0. The van der Waals surface area contributed by atoms with Gasteiger partial charge in [0.25, 0.3) is 0 Å². The standard InChI is InChI=1S/C29H37N5O8S/c1-17(2)12-23(26-16-20(33-42-26)15-24(28(36)37)34-43(5,39)40)30-27(35)14-19-10-11-22(25(13-19)41-4)32-29(38)31-21-9-7-6-8-18(21)3/h6-11,13,16-17,23-24,34H,12,14-15H2,1-5H3,(H,30,35)(H,36,37)(H2,31,32,38). The normalized spacial score (nSPS) is 12.8. The molecular weight excluding hydrogens is 578 g/mol. The Morgan fingerprint density at radius 2 is 1.74 bits per heavy atom. The average molecular weight is 616 g/mol. The first-order valence-electron chi connectivity index (χ1n) is 13.5. The molecule has 0 radical (unpaired) electrons. The zero-order valence-corrected chi connectivity index (χ0v) is 25.4. The number of amides is 3. The molecule has 13 nitrogen and oxygen atoms in total. The average Bonchev–Trinajstić information content (AvgIpc) is 3.37. The van der Waals surface area contributed by atoms with E-state index in [-0.39, 0.29) is 30.4 Å². The lowest BCUT2D eigenvalue weighted by molar-refractivity contribution is -0.139. The van der Waals surface area contributed by atoms with Crippen molar-refractivity contribution in [2.45, 2.75) is 52.1 Å². The minimum atomic E-state index is -3.77. The summed E-state index contributed by atoms with van der Waals surface area (Å²) in [6.45, 7) is 5.83. The number of sulfonamides is 1. The van der Waals surface area contributed by atoms with Crippen LogP contribution in [0.15, 0.2) is 53.1 Å². The Balaban J connectivity index is 1.68. The zero-order valence-electron chi connectivity index (χ0n) is 24.6. The zero-order chi connectivity index (χ0) is 31.7. The topological polar surface area (TPSA) is 189 Å². The van der Waals surface area contributed by atoms with Crippen molar-refractivity contribution < 1.29 is 37.2 Å². The summed E-state index contributed by atoms with van der Waals surface area (Å²) in [4.78, 5) is 37.1. The molecule has 0 spiro atoms. The molecule has 0 saturated heterocycles. The molecule has 0 aliphatic rings. The number of para-hydroxylation sites is 1. The van der Waals surface area contributed by atoms with Crippen molar-refractivity contribution in [2.75, 3.05) is 24.0 Å². The van der Waals surface area contributed by atoms with Gasteiger partial charge >= 0.3 is 12.0 Å². The van der Waals surface area contributed by atoms with Crippen LogP contribution in [0.25, 0.3) is 0 Å². The SMILES string of the molecule is COc1cc(CC(=O)NC(CC(C)C)c2cc(CC(NS(C)(=O)=O)C(=O)O)no2)ccc1NC(=O)Nc1ccccc1C. The van der Waals surface area contributed by atoms with Gasteiger partial charge in [-0.05, 0) is 48.6 Å². The smallest absolute Gasteiger partial charge is 0.323 e. The largest absolute Gasteiger partial charge is 0.495 e. The Hall–Kier alpha value is -4.43. The van der Waals surface area contributed by atoms with Gasteiger partial charge in [0.15, 0.2) is 5.76 Å². The van der Waals surface area contributed by atoms with Crippen LogP contribution in [0.5, 0.6) is 5.75 Å². The maximum absolute atomic E-state index is 13.1. The quantitative estimate of drug-likeness (QED) is 0.180. The first-order valence-corrected chi connectivity index (χ1v) is 15.4. The van der Waals surface area contributed by atoms with Crippen LogP contribution in [-0.4, -0.2) is 56.0 Å². The van der Waals surface area contributed by atoms with Gasteiger partial charge in [0, 0.05) is 18.2 Å². The molecule has 43 heavy (non-hydrogen) atoms. The monoisotopic (exact) mass is 615 g/mol. The molecule has 0 bridgehead atoms. The Morgan fingerprint density at radius 1 is 1.05 bits per heavy atom. The van der Waals surface area contributed by atoms with E-state index in [2.05, 4.69) is 25.8 Å². The van der Waals surface area contributed by atoms with Gasteiger partial charge in [-0.25, -0.2) is 17.9 Å². The van der Waals surface area contributed by atoms with E-state index in [0.717, 1.165) is 11.8 Å². The van der Waals surface area contributed by atoms with Crippen LogP contribution in [0.4, 0.5) is 16.2 Å². The summed E-state index contributed by atoms with van der Waals surface area (Å²) in [5.74, 6) is -0.818. The molecule has 0 saturated carbocycles. The highest BCUT2D eigenvalue weighted by atomic mass is 32.2. The lowest BCUT2D eigenvalue weighted by Crippen LogP contribution is -2.41. The van der Waals surface area contributed by atoms with E-state index in [9.17, 15) is 27.9 Å². The van der Waals surface area contributed by atoms with E-state index >= 15 is 0 Å². The second-order valence-electron chi connectivity index (χ2n) is 10.6. The molecule has 2 aromatic carbocycles. The van der Waals surface area contributed by atoms with Crippen molar-refractivity contribution in [3.8, 4) is 5.75 Å².